The van der Waals surface area contributed by atoms with Crippen LogP contribution in [0.25, 0.3) is 0 Å². The molecule has 0 bridgehead atoms. The SMILES string of the molecule is CC(C)NS(=O)(=O)c1ccc(NC(C)CO)c([N+](=O)[O-])c1. The number of rotatable bonds is 7. The minimum absolute atomic E-state index is 0.157. The number of hydrogen-bond acceptors (Lipinski definition) is 6. The number of nitro groups is 1. The maximum atomic E-state index is 12.0. The number of anilines is 1. The number of nitrogens with zero attached hydrogens (tertiary/aromatic N) is 1. The van der Waals surface area contributed by atoms with Gasteiger partial charge < -0.3 is 10.4 Å². The molecule has 0 radical (unpaired) electrons. The lowest BCUT2D eigenvalue weighted by Crippen LogP contribution is -2.30. The van der Waals surface area contributed by atoms with Crippen LogP contribution in [0.4, 0.5) is 11.4 Å². The van der Waals surface area contributed by atoms with Gasteiger partial charge in [-0.25, -0.2) is 13.1 Å². The first kappa shape index (κ1) is 17.3. The van der Waals surface area contributed by atoms with Crippen LogP contribution < -0.4 is 10.0 Å². The molecule has 3 N–H and O–H groups in total. The van der Waals surface area contributed by atoms with Crippen molar-refractivity contribution in [3.8, 4) is 0 Å². The first-order chi connectivity index (χ1) is 9.67. The second-order valence-electron chi connectivity index (χ2n) is 4.94. The largest absolute Gasteiger partial charge is 0.394 e. The fourth-order valence-corrected chi connectivity index (χ4v) is 2.91. The fourth-order valence-electron chi connectivity index (χ4n) is 1.64. The first-order valence-electron chi connectivity index (χ1n) is 6.35. The molecule has 1 atom stereocenters. The molecule has 0 saturated heterocycles. The predicted octanol–water partition coefficient (Wildman–Crippen LogP) is 1.07. The number of hydrogen-bond donors (Lipinski definition) is 3. The van der Waals surface area contributed by atoms with Gasteiger partial charge in [-0.2, -0.15) is 0 Å². The van der Waals surface area contributed by atoms with Gasteiger partial charge in [-0.15, -0.1) is 0 Å². The molecule has 0 saturated carbocycles. The van der Waals surface area contributed by atoms with Crippen LogP contribution in [0.15, 0.2) is 23.1 Å². The van der Waals surface area contributed by atoms with Crippen molar-refractivity contribution in [3.63, 3.8) is 0 Å². The number of aliphatic hydroxyl groups is 1. The fraction of sp³-hybridized carbons (Fsp3) is 0.500. The number of aliphatic hydroxyl groups excluding tert-OH is 1. The Hall–Kier alpha value is -1.71. The third-order valence-corrected chi connectivity index (χ3v) is 4.20. The van der Waals surface area contributed by atoms with Crippen LogP contribution in [-0.2, 0) is 10.0 Å². The van der Waals surface area contributed by atoms with Gasteiger partial charge in [0.05, 0.1) is 16.4 Å². The summed E-state index contributed by atoms with van der Waals surface area (Å²) in [5.41, 5.74) is -0.202. The highest BCUT2D eigenvalue weighted by atomic mass is 32.2. The molecule has 1 rings (SSSR count). The highest BCUT2D eigenvalue weighted by Gasteiger charge is 2.22. The van der Waals surface area contributed by atoms with Crippen molar-refractivity contribution >= 4 is 21.4 Å². The summed E-state index contributed by atoms with van der Waals surface area (Å²) in [6.45, 7) is 4.76. The molecule has 0 aliphatic rings. The van der Waals surface area contributed by atoms with Gasteiger partial charge in [0.15, 0.2) is 0 Å². The third-order valence-electron chi connectivity index (χ3n) is 2.54. The Bertz CT molecular complexity index is 615. The molecule has 0 fully saturated rings. The van der Waals surface area contributed by atoms with Crippen LogP contribution in [-0.4, -0.2) is 37.1 Å². The summed E-state index contributed by atoms with van der Waals surface area (Å²) < 4.78 is 26.4. The molecule has 21 heavy (non-hydrogen) atoms. The van der Waals surface area contributed by atoms with Crippen molar-refractivity contribution in [1.82, 2.24) is 4.72 Å². The quantitative estimate of drug-likeness (QED) is 0.511. The zero-order valence-corrected chi connectivity index (χ0v) is 12.8. The molecule has 9 heteroatoms. The zero-order chi connectivity index (χ0) is 16.2. The minimum Gasteiger partial charge on any atom is -0.394 e. The van der Waals surface area contributed by atoms with E-state index in [1.165, 1.54) is 12.1 Å². The maximum Gasteiger partial charge on any atom is 0.293 e. The Kier molecular flexibility index (Phi) is 5.64. The van der Waals surface area contributed by atoms with Gasteiger partial charge in [0.1, 0.15) is 5.69 Å². The molecule has 0 aliphatic carbocycles. The number of nitrogens with one attached hydrogen (secondary N) is 2. The van der Waals surface area contributed by atoms with Crippen LogP contribution in [0.2, 0.25) is 0 Å². The molecule has 0 aliphatic heterocycles. The van der Waals surface area contributed by atoms with Gasteiger partial charge in [0.2, 0.25) is 10.0 Å². The predicted molar refractivity (Wildman–Crippen MR) is 78.7 cm³/mol. The molecule has 1 unspecified atom stereocenters. The van der Waals surface area contributed by atoms with Crippen molar-refractivity contribution in [1.29, 1.82) is 0 Å². The van der Waals surface area contributed by atoms with Crippen molar-refractivity contribution in [2.45, 2.75) is 37.8 Å². The van der Waals surface area contributed by atoms with E-state index in [2.05, 4.69) is 10.0 Å². The zero-order valence-electron chi connectivity index (χ0n) is 12.0. The Morgan fingerprint density at radius 3 is 2.43 bits per heavy atom. The Balaban J connectivity index is 3.23. The lowest BCUT2D eigenvalue weighted by Gasteiger charge is -2.14. The van der Waals surface area contributed by atoms with Gasteiger partial charge in [-0.05, 0) is 32.9 Å². The van der Waals surface area contributed by atoms with Crippen molar-refractivity contribution < 1.29 is 18.4 Å². The molecular formula is C12H19N3O5S. The van der Waals surface area contributed by atoms with Crippen LogP contribution in [0, 0.1) is 10.1 Å². The summed E-state index contributed by atoms with van der Waals surface area (Å²) in [4.78, 5) is 10.2. The van der Waals surface area contributed by atoms with E-state index in [4.69, 9.17) is 5.11 Å². The summed E-state index contributed by atoms with van der Waals surface area (Å²) in [6.07, 6.45) is 0. The van der Waals surface area contributed by atoms with E-state index in [0.717, 1.165) is 6.07 Å². The van der Waals surface area contributed by atoms with Crippen LogP contribution in [0.1, 0.15) is 20.8 Å². The third kappa shape index (κ3) is 4.66. The standard InChI is InChI=1S/C12H19N3O5S/c1-8(2)14-21(19,20)10-4-5-11(13-9(3)7-16)12(6-10)15(17)18/h4-6,8-9,13-14,16H,7H2,1-3H3. The molecule has 118 valence electrons. The average molecular weight is 317 g/mol. The van der Waals surface area contributed by atoms with Crippen molar-refractivity contribution in [2.24, 2.45) is 0 Å². The van der Waals surface area contributed by atoms with Gasteiger partial charge in [0.25, 0.3) is 5.69 Å². The maximum absolute atomic E-state index is 12.0. The summed E-state index contributed by atoms with van der Waals surface area (Å²) in [5, 5.41) is 22.8. The van der Waals surface area contributed by atoms with Gasteiger partial charge in [-0.3, -0.25) is 10.1 Å². The molecule has 0 spiro atoms. The molecule has 1 aromatic rings. The summed E-state index contributed by atoms with van der Waals surface area (Å²) in [5.74, 6) is 0. The minimum atomic E-state index is -3.80. The Labute approximate surface area is 123 Å². The van der Waals surface area contributed by atoms with Crippen LogP contribution in [0.3, 0.4) is 0 Å². The molecule has 0 aromatic heterocycles. The number of nitro benzene ring substituents is 1. The molecule has 0 heterocycles. The lowest BCUT2D eigenvalue weighted by atomic mass is 10.2. The molecule has 8 nitrogen and oxygen atoms in total. The van der Waals surface area contributed by atoms with Gasteiger partial charge in [-0.1, -0.05) is 0 Å². The van der Waals surface area contributed by atoms with E-state index >= 15 is 0 Å². The van der Waals surface area contributed by atoms with Crippen LogP contribution >= 0.6 is 0 Å². The van der Waals surface area contributed by atoms with E-state index in [1.807, 2.05) is 0 Å². The van der Waals surface area contributed by atoms with E-state index in [0.29, 0.717) is 0 Å². The molecule has 1 aromatic carbocycles. The monoisotopic (exact) mass is 317 g/mol. The first-order valence-corrected chi connectivity index (χ1v) is 7.84. The smallest absolute Gasteiger partial charge is 0.293 e. The highest BCUT2D eigenvalue weighted by Crippen LogP contribution is 2.28. The normalized spacial score (nSPS) is 13.2. The van der Waals surface area contributed by atoms with Gasteiger partial charge in [0, 0.05) is 18.2 Å². The Morgan fingerprint density at radius 2 is 1.95 bits per heavy atom. The highest BCUT2D eigenvalue weighted by molar-refractivity contribution is 7.89. The van der Waals surface area contributed by atoms with Crippen LogP contribution in [0.5, 0.6) is 0 Å². The van der Waals surface area contributed by atoms with E-state index in [-0.39, 0.29) is 35.0 Å². The average Bonchev–Trinajstić information content (AvgIpc) is 2.36. The Morgan fingerprint density at radius 1 is 1.33 bits per heavy atom. The number of benzene rings is 1. The molecular weight excluding hydrogens is 298 g/mol. The molecule has 0 amide bonds. The van der Waals surface area contributed by atoms with E-state index < -0.39 is 14.9 Å². The van der Waals surface area contributed by atoms with E-state index in [9.17, 15) is 18.5 Å². The van der Waals surface area contributed by atoms with E-state index in [1.54, 1.807) is 20.8 Å². The second kappa shape index (κ2) is 6.83. The number of sulfonamides is 1. The summed E-state index contributed by atoms with van der Waals surface area (Å²) in [6, 6.07) is 2.89. The lowest BCUT2D eigenvalue weighted by molar-refractivity contribution is -0.384. The van der Waals surface area contributed by atoms with Gasteiger partial charge >= 0.3 is 0 Å². The summed E-state index contributed by atoms with van der Waals surface area (Å²) in [7, 11) is -3.80. The topological polar surface area (TPSA) is 122 Å². The van der Waals surface area contributed by atoms with Crippen molar-refractivity contribution in [2.75, 3.05) is 11.9 Å². The second-order valence-corrected chi connectivity index (χ2v) is 6.65. The summed E-state index contributed by atoms with van der Waals surface area (Å²) >= 11 is 0. The van der Waals surface area contributed by atoms with Crippen molar-refractivity contribution in [3.05, 3.63) is 28.3 Å².